The Balaban J connectivity index is 1.66. The molecule has 0 radical (unpaired) electrons. The molecule has 2 aromatic heterocycles. The van der Waals surface area contributed by atoms with E-state index in [9.17, 15) is 13.5 Å². The number of fused-ring (bicyclic) bond motifs is 4. The molecule has 2 aliphatic heterocycles. The van der Waals surface area contributed by atoms with Gasteiger partial charge < -0.3 is 14.4 Å². The highest BCUT2D eigenvalue weighted by molar-refractivity contribution is 7.89. The first-order valence-corrected chi connectivity index (χ1v) is 12.8. The Morgan fingerprint density at radius 2 is 2.03 bits per heavy atom. The van der Waals surface area contributed by atoms with Crippen LogP contribution < -0.4 is 4.74 Å². The van der Waals surface area contributed by atoms with Gasteiger partial charge in [0.05, 0.1) is 31.0 Å². The SMILES string of the molecule is CCS(=O)(=O)N1CC2(CN(Cc3cccnc3)[C@@H](CO)c3c2c2ccc(OC)cc2n3C)C1. The number of aryl methyl sites for hydroxylation is 1. The predicted octanol–water partition coefficient (Wildman–Crippen LogP) is 2.03. The first-order valence-electron chi connectivity index (χ1n) is 11.2. The van der Waals surface area contributed by atoms with Gasteiger partial charge in [0, 0.05) is 68.2 Å². The van der Waals surface area contributed by atoms with Crippen LogP contribution in [0.25, 0.3) is 10.9 Å². The van der Waals surface area contributed by atoms with Crippen LogP contribution in [-0.4, -0.2) is 71.4 Å². The van der Waals surface area contributed by atoms with Crippen LogP contribution in [0.1, 0.15) is 29.8 Å². The number of ether oxygens (including phenoxy) is 1. The van der Waals surface area contributed by atoms with Gasteiger partial charge in [0.15, 0.2) is 0 Å². The van der Waals surface area contributed by atoms with Crippen LogP contribution in [0.15, 0.2) is 42.7 Å². The largest absolute Gasteiger partial charge is 0.497 e. The van der Waals surface area contributed by atoms with Crippen molar-refractivity contribution in [1.82, 2.24) is 18.8 Å². The average molecular weight is 471 g/mol. The molecule has 0 saturated carbocycles. The summed E-state index contributed by atoms with van der Waals surface area (Å²) in [5.74, 6) is 0.868. The van der Waals surface area contributed by atoms with Gasteiger partial charge in [-0.2, -0.15) is 4.31 Å². The molecule has 0 bridgehead atoms. The van der Waals surface area contributed by atoms with Crippen molar-refractivity contribution in [1.29, 1.82) is 0 Å². The molecule has 1 N–H and O–H groups in total. The lowest BCUT2D eigenvalue weighted by atomic mass is 9.70. The Bertz CT molecular complexity index is 1280. The minimum Gasteiger partial charge on any atom is -0.497 e. The van der Waals surface area contributed by atoms with Crippen LogP contribution in [0, 0.1) is 0 Å². The Hall–Kier alpha value is -2.46. The Labute approximate surface area is 194 Å². The summed E-state index contributed by atoms with van der Waals surface area (Å²) in [6, 6.07) is 9.77. The van der Waals surface area contributed by atoms with Crippen LogP contribution in [0.2, 0.25) is 0 Å². The normalized spacial score (nSPS) is 20.7. The van der Waals surface area contributed by atoms with E-state index in [1.807, 2.05) is 37.5 Å². The van der Waals surface area contributed by atoms with E-state index in [1.165, 1.54) is 0 Å². The summed E-state index contributed by atoms with van der Waals surface area (Å²) in [6.45, 7) is 3.85. The summed E-state index contributed by atoms with van der Waals surface area (Å²) in [6.07, 6.45) is 3.59. The van der Waals surface area contributed by atoms with Gasteiger partial charge in [0.2, 0.25) is 10.0 Å². The fourth-order valence-corrected chi connectivity index (χ4v) is 6.87. The van der Waals surface area contributed by atoms with Gasteiger partial charge in [0.25, 0.3) is 0 Å². The van der Waals surface area contributed by atoms with E-state index in [0.29, 0.717) is 26.2 Å². The molecule has 1 aromatic carbocycles. The van der Waals surface area contributed by atoms with Crippen molar-refractivity contribution in [3.8, 4) is 5.75 Å². The van der Waals surface area contributed by atoms with Crippen LogP contribution in [0.3, 0.4) is 0 Å². The topological polar surface area (TPSA) is 87.9 Å². The number of rotatable bonds is 6. The van der Waals surface area contributed by atoms with Crippen LogP contribution in [0.5, 0.6) is 5.75 Å². The van der Waals surface area contributed by atoms with Gasteiger partial charge in [-0.1, -0.05) is 6.07 Å². The molecular formula is C24H30N4O4S. The number of benzene rings is 1. The summed E-state index contributed by atoms with van der Waals surface area (Å²) < 4.78 is 34.4. The third-order valence-corrected chi connectivity index (χ3v) is 9.02. The number of aliphatic hydroxyl groups is 1. The molecule has 1 atom stereocenters. The van der Waals surface area contributed by atoms with Crippen LogP contribution >= 0.6 is 0 Å². The molecule has 4 heterocycles. The number of hydrogen-bond donors (Lipinski definition) is 1. The van der Waals surface area contributed by atoms with Crippen molar-refractivity contribution >= 4 is 20.9 Å². The highest BCUT2D eigenvalue weighted by Crippen LogP contribution is 2.50. The molecule has 3 aromatic rings. The number of methoxy groups -OCH3 is 1. The molecule has 1 fully saturated rings. The fourth-order valence-electron chi connectivity index (χ4n) is 5.62. The molecule has 2 aliphatic rings. The van der Waals surface area contributed by atoms with Crippen molar-refractivity contribution in [3.63, 3.8) is 0 Å². The van der Waals surface area contributed by atoms with E-state index < -0.39 is 10.0 Å². The minimum atomic E-state index is -3.26. The summed E-state index contributed by atoms with van der Waals surface area (Å²) in [7, 11) is 0.404. The molecule has 0 unspecified atom stereocenters. The van der Waals surface area contributed by atoms with Gasteiger partial charge in [-0.3, -0.25) is 9.88 Å². The first-order chi connectivity index (χ1) is 15.8. The fraction of sp³-hybridized carbons (Fsp3) is 0.458. The molecule has 8 nitrogen and oxygen atoms in total. The lowest BCUT2D eigenvalue weighted by Gasteiger charge is -2.55. The van der Waals surface area contributed by atoms with E-state index >= 15 is 0 Å². The van der Waals surface area contributed by atoms with Gasteiger partial charge >= 0.3 is 0 Å². The predicted molar refractivity (Wildman–Crippen MR) is 127 cm³/mol. The number of sulfonamides is 1. The van der Waals surface area contributed by atoms with Gasteiger partial charge in [-0.15, -0.1) is 0 Å². The molecule has 9 heteroatoms. The van der Waals surface area contributed by atoms with Crippen molar-refractivity contribution in [2.45, 2.75) is 24.9 Å². The highest BCUT2D eigenvalue weighted by atomic mass is 32.2. The zero-order valence-corrected chi connectivity index (χ0v) is 20.0. The summed E-state index contributed by atoms with van der Waals surface area (Å²) in [5, 5.41) is 11.6. The van der Waals surface area contributed by atoms with Crippen LogP contribution in [0.4, 0.5) is 0 Å². The average Bonchev–Trinajstić information content (AvgIpc) is 3.10. The Kier molecular flexibility index (Phi) is 5.48. The zero-order valence-electron chi connectivity index (χ0n) is 19.2. The second kappa shape index (κ2) is 8.09. The quantitative estimate of drug-likeness (QED) is 0.593. The summed E-state index contributed by atoms with van der Waals surface area (Å²) in [4.78, 5) is 6.52. The number of aromatic nitrogens is 2. The lowest BCUT2D eigenvalue weighted by Crippen LogP contribution is -2.67. The smallest absolute Gasteiger partial charge is 0.213 e. The van der Waals surface area contributed by atoms with E-state index in [0.717, 1.165) is 33.5 Å². The lowest BCUT2D eigenvalue weighted by molar-refractivity contribution is 0.0241. The molecule has 0 aliphatic carbocycles. The molecule has 1 spiro atoms. The van der Waals surface area contributed by atoms with E-state index in [1.54, 1.807) is 24.5 Å². The van der Waals surface area contributed by atoms with Crippen molar-refractivity contribution in [2.75, 3.05) is 39.1 Å². The molecule has 0 amide bonds. The number of aliphatic hydroxyl groups excluding tert-OH is 1. The van der Waals surface area contributed by atoms with Gasteiger partial charge in [-0.25, -0.2) is 8.42 Å². The van der Waals surface area contributed by atoms with Crippen molar-refractivity contribution < 1.29 is 18.3 Å². The van der Waals surface area contributed by atoms with Gasteiger partial charge in [-0.05, 0) is 36.2 Å². The van der Waals surface area contributed by atoms with E-state index in [2.05, 4.69) is 20.5 Å². The van der Waals surface area contributed by atoms with E-state index in [-0.39, 0.29) is 23.8 Å². The maximum atomic E-state index is 12.6. The summed E-state index contributed by atoms with van der Waals surface area (Å²) >= 11 is 0. The molecular weight excluding hydrogens is 440 g/mol. The minimum absolute atomic E-state index is 0.0262. The monoisotopic (exact) mass is 470 g/mol. The Morgan fingerprint density at radius 1 is 1.24 bits per heavy atom. The van der Waals surface area contributed by atoms with Crippen molar-refractivity contribution in [3.05, 3.63) is 59.5 Å². The summed E-state index contributed by atoms with van der Waals surface area (Å²) in [5.41, 5.74) is 3.96. The second-order valence-electron chi connectivity index (χ2n) is 9.12. The standard InChI is InChI=1S/C24H30N4O4S/c1-4-33(30,31)28-15-24(16-28)14-27(12-17-6-5-9-25-11-17)21(13-29)23-22(24)19-8-7-18(32-3)10-20(19)26(23)2/h5-11,21,29H,4,12-16H2,1-3H3/t21-/m0/s1. The van der Waals surface area contributed by atoms with E-state index in [4.69, 9.17) is 4.74 Å². The third-order valence-electron chi connectivity index (χ3n) is 7.24. The molecule has 5 rings (SSSR count). The molecule has 33 heavy (non-hydrogen) atoms. The molecule has 1 saturated heterocycles. The number of pyridine rings is 1. The maximum Gasteiger partial charge on any atom is 0.213 e. The second-order valence-corrected chi connectivity index (χ2v) is 11.4. The Morgan fingerprint density at radius 3 is 2.67 bits per heavy atom. The number of hydrogen-bond acceptors (Lipinski definition) is 6. The first kappa shape index (κ1) is 22.3. The van der Waals surface area contributed by atoms with Crippen molar-refractivity contribution in [2.24, 2.45) is 7.05 Å². The van der Waals surface area contributed by atoms with Crippen LogP contribution in [-0.2, 0) is 29.0 Å². The van der Waals surface area contributed by atoms with Gasteiger partial charge in [0.1, 0.15) is 5.75 Å². The zero-order chi connectivity index (χ0) is 23.4. The molecule has 176 valence electrons. The number of nitrogens with zero attached hydrogens (tertiary/aromatic N) is 4. The maximum absolute atomic E-state index is 12.6. The third kappa shape index (κ3) is 3.45. The highest BCUT2D eigenvalue weighted by Gasteiger charge is 2.55.